The topological polar surface area (TPSA) is 24.4 Å². The van der Waals surface area contributed by atoms with Crippen molar-refractivity contribution < 1.29 is 0 Å². The molecular weight excluding hydrogens is 168 g/mol. The van der Waals surface area contributed by atoms with Crippen molar-refractivity contribution in [2.45, 2.75) is 12.3 Å². The molecule has 0 spiro atoms. The number of benzene rings is 1. The Morgan fingerprint density at radius 2 is 2.08 bits per heavy atom. The van der Waals surface area contributed by atoms with Crippen LogP contribution in [0.2, 0.25) is 0 Å². The number of rotatable bonds is 1. The van der Waals surface area contributed by atoms with Crippen LogP contribution >= 0.6 is 11.8 Å². The molecule has 0 saturated carbocycles. The van der Waals surface area contributed by atoms with Crippen LogP contribution in [0.25, 0.3) is 0 Å². The Labute approximate surface area is 76.1 Å². The third kappa shape index (κ3) is 1.46. The monoisotopic (exact) mass is 178 g/mol. The van der Waals surface area contributed by atoms with Crippen LogP contribution in [0, 0.1) is 0 Å². The highest BCUT2D eigenvalue weighted by atomic mass is 32.2. The number of hydrazone groups is 1. The molecule has 1 aliphatic heterocycles. The van der Waals surface area contributed by atoms with E-state index in [9.17, 15) is 0 Å². The van der Waals surface area contributed by atoms with E-state index in [2.05, 4.69) is 29.6 Å². The molecule has 1 aromatic rings. The van der Waals surface area contributed by atoms with Gasteiger partial charge in [0.2, 0.25) is 0 Å². The molecule has 1 aliphatic rings. The zero-order chi connectivity index (χ0) is 8.39. The molecule has 1 unspecified atom stereocenters. The van der Waals surface area contributed by atoms with Gasteiger partial charge in [0.15, 0.2) is 0 Å². The molecule has 0 saturated heterocycles. The van der Waals surface area contributed by atoms with Gasteiger partial charge in [0.25, 0.3) is 0 Å². The van der Waals surface area contributed by atoms with E-state index in [1.54, 1.807) is 11.8 Å². The molecule has 3 heteroatoms. The fourth-order valence-corrected chi connectivity index (χ4v) is 1.90. The van der Waals surface area contributed by atoms with E-state index in [4.69, 9.17) is 0 Å². The largest absolute Gasteiger partial charge is 0.296 e. The number of nitrogens with zero attached hydrogens (tertiary/aromatic N) is 1. The average molecular weight is 178 g/mol. The second-order valence-corrected chi connectivity index (χ2v) is 4.00. The van der Waals surface area contributed by atoms with Gasteiger partial charge in [0.05, 0.1) is 5.37 Å². The minimum absolute atomic E-state index is 0.403. The van der Waals surface area contributed by atoms with Crippen molar-refractivity contribution in [1.29, 1.82) is 0 Å². The molecule has 0 radical (unpaired) electrons. The van der Waals surface area contributed by atoms with Crippen LogP contribution in [0.5, 0.6) is 0 Å². The molecule has 1 N–H and O–H groups in total. The normalized spacial score (nSPS) is 21.8. The summed E-state index contributed by atoms with van der Waals surface area (Å²) in [5.74, 6) is 0. The summed E-state index contributed by atoms with van der Waals surface area (Å²) in [5.41, 5.74) is 4.21. The van der Waals surface area contributed by atoms with Gasteiger partial charge in [-0.2, -0.15) is 5.10 Å². The summed E-state index contributed by atoms with van der Waals surface area (Å²) in [6.07, 6.45) is 0. The van der Waals surface area contributed by atoms with E-state index in [1.807, 2.05) is 18.2 Å². The van der Waals surface area contributed by atoms with Gasteiger partial charge in [-0.25, -0.2) is 0 Å². The molecule has 1 aromatic carbocycles. The lowest BCUT2D eigenvalue weighted by atomic mass is 10.2. The molecule has 62 valence electrons. The summed E-state index contributed by atoms with van der Waals surface area (Å²) >= 11 is 1.76. The average Bonchev–Trinajstić information content (AvgIpc) is 2.54. The molecule has 0 aromatic heterocycles. The van der Waals surface area contributed by atoms with Crippen LogP contribution in [0.15, 0.2) is 35.4 Å². The summed E-state index contributed by atoms with van der Waals surface area (Å²) in [7, 11) is 0. The third-order valence-electron chi connectivity index (χ3n) is 1.66. The maximum absolute atomic E-state index is 4.22. The summed E-state index contributed by atoms with van der Waals surface area (Å²) in [5, 5.41) is 5.71. The molecule has 2 nitrogen and oxygen atoms in total. The second kappa shape index (κ2) is 3.19. The first kappa shape index (κ1) is 7.68. The van der Waals surface area contributed by atoms with Crippen LogP contribution in [-0.4, -0.2) is 10.4 Å². The maximum Gasteiger partial charge on any atom is 0.125 e. The second-order valence-electron chi connectivity index (χ2n) is 2.67. The Kier molecular flexibility index (Phi) is 2.04. The number of hydrogen-bond donors (Lipinski definition) is 1. The van der Waals surface area contributed by atoms with Crippen LogP contribution in [0.4, 0.5) is 0 Å². The van der Waals surface area contributed by atoms with E-state index in [-0.39, 0.29) is 0 Å². The zero-order valence-electron chi connectivity index (χ0n) is 6.82. The quantitative estimate of drug-likeness (QED) is 0.711. The van der Waals surface area contributed by atoms with Crippen molar-refractivity contribution in [3.05, 3.63) is 35.9 Å². The molecule has 0 fully saturated rings. The molecule has 12 heavy (non-hydrogen) atoms. The molecular formula is C9H10N2S. The van der Waals surface area contributed by atoms with Crippen molar-refractivity contribution in [1.82, 2.24) is 5.43 Å². The van der Waals surface area contributed by atoms with Gasteiger partial charge in [-0.3, -0.25) is 5.43 Å². The lowest BCUT2D eigenvalue weighted by molar-refractivity contribution is 0.754. The number of hydrogen-bond acceptors (Lipinski definition) is 3. The molecule has 0 bridgehead atoms. The van der Waals surface area contributed by atoms with Crippen LogP contribution in [0.1, 0.15) is 12.5 Å². The van der Waals surface area contributed by atoms with Crippen LogP contribution < -0.4 is 5.43 Å². The minimum atomic E-state index is 0.403. The Hall–Kier alpha value is -0.960. The van der Waals surface area contributed by atoms with Crippen LogP contribution in [0.3, 0.4) is 0 Å². The van der Waals surface area contributed by atoms with Gasteiger partial charge in [-0.1, -0.05) is 42.1 Å². The summed E-state index contributed by atoms with van der Waals surface area (Å²) in [6.45, 7) is 2.10. The van der Waals surface area contributed by atoms with Crippen LogP contribution in [-0.2, 0) is 0 Å². The van der Waals surface area contributed by atoms with Crippen molar-refractivity contribution >= 4 is 16.8 Å². The molecule has 0 aliphatic carbocycles. The minimum Gasteiger partial charge on any atom is -0.296 e. The van der Waals surface area contributed by atoms with Gasteiger partial charge in [0, 0.05) is 5.56 Å². The van der Waals surface area contributed by atoms with E-state index < -0.39 is 0 Å². The highest BCUT2D eigenvalue weighted by molar-refractivity contribution is 8.15. The Morgan fingerprint density at radius 3 is 2.67 bits per heavy atom. The first-order valence-electron chi connectivity index (χ1n) is 3.91. The third-order valence-corrected chi connectivity index (χ3v) is 2.67. The fraction of sp³-hybridized carbons (Fsp3) is 0.222. The first-order chi connectivity index (χ1) is 5.86. The lowest BCUT2D eigenvalue weighted by Gasteiger charge is -1.98. The predicted molar refractivity (Wildman–Crippen MR) is 53.2 cm³/mol. The van der Waals surface area contributed by atoms with Crippen molar-refractivity contribution in [2.24, 2.45) is 5.10 Å². The number of nitrogens with one attached hydrogen (secondary N) is 1. The highest BCUT2D eigenvalue weighted by Gasteiger charge is 2.14. The van der Waals surface area contributed by atoms with E-state index in [1.165, 1.54) is 5.56 Å². The summed E-state index contributed by atoms with van der Waals surface area (Å²) in [6, 6.07) is 10.2. The van der Waals surface area contributed by atoms with E-state index in [0.717, 1.165) is 5.04 Å². The van der Waals surface area contributed by atoms with E-state index in [0.29, 0.717) is 5.37 Å². The molecule has 1 atom stereocenters. The lowest BCUT2D eigenvalue weighted by Crippen LogP contribution is -2.09. The Balaban J connectivity index is 2.22. The van der Waals surface area contributed by atoms with Gasteiger partial charge >= 0.3 is 0 Å². The summed E-state index contributed by atoms with van der Waals surface area (Å²) in [4.78, 5) is 0. The van der Waals surface area contributed by atoms with Crippen molar-refractivity contribution in [2.75, 3.05) is 0 Å². The standard InChI is InChI=1S/C9H10N2S/c1-7-10-11-9(12-7)8-5-3-2-4-6-8/h2-7,10H,1H3. The zero-order valence-corrected chi connectivity index (χ0v) is 7.64. The number of thioether (sulfide) groups is 1. The van der Waals surface area contributed by atoms with Crippen molar-refractivity contribution in [3.8, 4) is 0 Å². The summed E-state index contributed by atoms with van der Waals surface area (Å²) < 4.78 is 0. The SMILES string of the molecule is CC1NN=C(c2ccccc2)S1. The molecule has 0 amide bonds. The van der Waals surface area contributed by atoms with Gasteiger partial charge in [-0.15, -0.1) is 0 Å². The van der Waals surface area contributed by atoms with Crippen molar-refractivity contribution in [3.63, 3.8) is 0 Å². The molecule has 1 heterocycles. The van der Waals surface area contributed by atoms with Gasteiger partial charge in [0.1, 0.15) is 5.04 Å². The first-order valence-corrected chi connectivity index (χ1v) is 4.79. The molecule has 2 rings (SSSR count). The van der Waals surface area contributed by atoms with Gasteiger partial charge in [-0.05, 0) is 6.92 Å². The smallest absolute Gasteiger partial charge is 0.125 e. The van der Waals surface area contributed by atoms with E-state index >= 15 is 0 Å². The Morgan fingerprint density at radius 1 is 1.33 bits per heavy atom. The highest BCUT2D eigenvalue weighted by Crippen LogP contribution is 2.21. The fourth-order valence-electron chi connectivity index (χ4n) is 1.08. The van der Waals surface area contributed by atoms with Gasteiger partial charge < -0.3 is 0 Å². The Bertz CT molecular complexity index is 295. The predicted octanol–water partition coefficient (Wildman–Crippen LogP) is 2.03. The maximum atomic E-state index is 4.22.